The number of rotatable bonds is 6. The van der Waals surface area contributed by atoms with Gasteiger partial charge in [0.25, 0.3) is 0 Å². The Bertz CT molecular complexity index is 496. The number of halogens is 2. The maximum Gasteiger partial charge on any atom is 0.221 e. The van der Waals surface area contributed by atoms with Gasteiger partial charge >= 0.3 is 0 Å². The molecule has 5 nitrogen and oxygen atoms in total. The third-order valence-corrected chi connectivity index (χ3v) is 3.32. The second kappa shape index (κ2) is 7.19. The van der Waals surface area contributed by atoms with Crippen molar-refractivity contribution in [3.8, 4) is 0 Å². The van der Waals surface area contributed by atoms with Crippen LogP contribution < -0.4 is 22.1 Å². The monoisotopic (exact) mass is 302 g/mol. The molecule has 6 N–H and O–H groups in total. The van der Waals surface area contributed by atoms with Gasteiger partial charge < -0.3 is 22.1 Å². The molecule has 0 heterocycles. The molecule has 1 unspecified atom stereocenters. The van der Waals surface area contributed by atoms with E-state index < -0.39 is 5.82 Å². The van der Waals surface area contributed by atoms with Gasteiger partial charge in [0.05, 0.1) is 17.1 Å². The van der Waals surface area contributed by atoms with Crippen LogP contribution in [0.15, 0.2) is 6.07 Å². The van der Waals surface area contributed by atoms with Crippen molar-refractivity contribution < 1.29 is 9.18 Å². The molecule has 1 aromatic carbocycles. The Labute approximate surface area is 122 Å². The highest BCUT2D eigenvalue weighted by atomic mass is 35.5. The van der Waals surface area contributed by atoms with Crippen LogP contribution in [-0.2, 0) is 4.79 Å². The molecule has 1 aromatic rings. The number of hydrogen-bond donors (Lipinski definition) is 4. The second-order valence-electron chi connectivity index (χ2n) is 4.61. The van der Waals surface area contributed by atoms with E-state index in [1.54, 1.807) is 0 Å². The summed E-state index contributed by atoms with van der Waals surface area (Å²) >= 11 is 5.71. The first kappa shape index (κ1) is 16.4. The fraction of sp³-hybridized carbons (Fsp3) is 0.462. The van der Waals surface area contributed by atoms with Gasteiger partial charge in [0, 0.05) is 19.0 Å². The molecule has 0 bridgehead atoms. The molecular formula is C13H20ClFN4O. The zero-order valence-corrected chi connectivity index (χ0v) is 12.4. The molecule has 1 amide bonds. The summed E-state index contributed by atoms with van der Waals surface area (Å²) in [6.07, 6.45) is 1.07. The SMILES string of the molecule is CCC(C)NC(=O)CCNc1c(N)cc(N)c(Cl)c1F. The van der Waals surface area contributed by atoms with E-state index in [0.29, 0.717) is 0 Å². The van der Waals surface area contributed by atoms with E-state index in [0.717, 1.165) is 6.42 Å². The van der Waals surface area contributed by atoms with Crippen molar-refractivity contribution in [2.75, 3.05) is 23.3 Å². The van der Waals surface area contributed by atoms with Crippen LogP contribution in [0.5, 0.6) is 0 Å². The van der Waals surface area contributed by atoms with Crippen LogP contribution in [0.25, 0.3) is 0 Å². The van der Waals surface area contributed by atoms with Crippen LogP contribution in [0.2, 0.25) is 5.02 Å². The van der Waals surface area contributed by atoms with E-state index in [9.17, 15) is 9.18 Å². The Hall–Kier alpha value is -1.69. The van der Waals surface area contributed by atoms with Gasteiger partial charge in [0.2, 0.25) is 5.91 Å². The van der Waals surface area contributed by atoms with Gasteiger partial charge in [-0.1, -0.05) is 18.5 Å². The molecule has 20 heavy (non-hydrogen) atoms. The highest BCUT2D eigenvalue weighted by molar-refractivity contribution is 6.33. The van der Waals surface area contributed by atoms with Gasteiger partial charge in [-0.15, -0.1) is 0 Å². The predicted octanol–water partition coefficient (Wildman–Crippen LogP) is 2.36. The van der Waals surface area contributed by atoms with Gasteiger partial charge in [-0.05, 0) is 19.4 Å². The molecule has 0 saturated heterocycles. The lowest BCUT2D eigenvalue weighted by Crippen LogP contribution is -2.33. The lowest BCUT2D eigenvalue weighted by Gasteiger charge is -2.14. The summed E-state index contributed by atoms with van der Waals surface area (Å²) < 4.78 is 13.9. The minimum Gasteiger partial charge on any atom is -0.397 e. The van der Waals surface area contributed by atoms with Gasteiger partial charge in [-0.2, -0.15) is 0 Å². The average molecular weight is 303 g/mol. The van der Waals surface area contributed by atoms with E-state index in [2.05, 4.69) is 10.6 Å². The lowest BCUT2D eigenvalue weighted by atomic mass is 10.2. The molecule has 0 aromatic heterocycles. The molecule has 0 aliphatic rings. The van der Waals surface area contributed by atoms with Gasteiger partial charge in [-0.25, -0.2) is 4.39 Å². The molecule has 0 fully saturated rings. The Morgan fingerprint density at radius 2 is 2.10 bits per heavy atom. The zero-order valence-electron chi connectivity index (χ0n) is 11.6. The Morgan fingerprint density at radius 3 is 2.70 bits per heavy atom. The number of hydrogen-bond acceptors (Lipinski definition) is 4. The van der Waals surface area contributed by atoms with Crippen molar-refractivity contribution in [2.24, 2.45) is 0 Å². The number of carbonyl (C=O) groups is 1. The van der Waals surface area contributed by atoms with Crippen LogP contribution in [0, 0.1) is 5.82 Å². The number of carbonyl (C=O) groups excluding carboxylic acids is 1. The molecule has 112 valence electrons. The Morgan fingerprint density at radius 1 is 1.45 bits per heavy atom. The number of anilines is 3. The summed E-state index contributed by atoms with van der Waals surface area (Å²) in [4.78, 5) is 11.6. The predicted molar refractivity (Wildman–Crippen MR) is 81.2 cm³/mol. The molecule has 1 atom stereocenters. The molecule has 0 spiro atoms. The molecular weight excluding hydrogens is 283 g/mol. The van der Waals surface area contributed by atoms with Crippen molar-refractivity contribution in [3.63, 3.8) is 0 Å². The summed E-state index contributed by atoms with van der Waals surface area (Å²) in [5.41, 5.74) is 11.5. The number of nitrogens with one attached hydrogen (secondary N) is 2. The Kier molecular flexibility index (Phi) is 5.88. The smallest absolute Gasteiger partial charge is 0.221 e. The first-order valence-corrected chi connectivity index (χ1v) is 6.80. The molecule has 0 saturated carbocycles. The quantitative estimate of drug-likeness (QED) is 0.607. The summed E-state index contributed by atoms with van der Waals surface area (Å²) in [6, 6.07) is 1.50. The van der Waals surface area contributed by atoms with Crippen molar-refractivity contribution in [3.05, 3.63) is 16.9 Å². The third kappa shape index (κ3) is 4.16. The normalized spacial score (nSPS) is 12.0. The highest BCUT2D eigenvalue weighted by Crippen LogP contribution is 2.33. The van der Waals surface area contributed by atoms with E-state index in [1.807, 2.05) is 13.8 Å². The summed E-state index contributed by atoms with van der Waals surface area (Å²) in [5, 5.41) is 5.41. The summed E-state index contributed by atoms with van der Waals surface area (Å²) in [5.74, 6) is -0.807. The zero-order chi connectivity index (χ0) is 15.3. The number of nitrogen functional groups attached to an aromatic ring is 2. The molecule has 0 aliphatic heterocycles. The Balaban J connectivity index is 2.59. The fourth-order valence-corrected chi connectivity index (χ4v) is 1.75. The van der Waals surface area contributed by atoms with E-state index in [-0.39, 0.29) is 47.0 Å². The molecule has 7 heteroatoms. The third-order valence-electron chi connectivity index (χ3n) is 2.94. The fourth-order valence-electron chi connectivity index (χ4n) is 1.60. The average Bonchev–Trinajstić information content (AvgIpc) is 2.40. The van der Waals surface area contributed by atoms with E-state index >= 15 is 0 Å². The highest BCUT2D eigenvalue weighted by Gasteiger charge is 2.14. The topological polar surface area (TPSA) is 93.2 Å². The van der Waals surface area contributed by atoms with Gasteiger partial charge in [-0.3, -0.25) is 4.79 Å². The number of amides is 1. The summed E-state index contributed by atoms with van der Waals surface area (Å²) in [7, 11) is 0. The second-order valence-corrected chi connectivity index (χ2v) is 4.99. The molecule has 1 rings (SSSR count). The van der Waals surface area contributed by atoms with Crippen LogP contribution in [0.4, 0.5) is 21.5 Å². The van der Waals surface area contributed by atoms with Crippen molar-refractivity contribution in [1.29, 1.82) is 0 Å². The standard InChI is InChI=1S/C13H20ClFN4O/c1-3-7(2)19-10(20)4-5-18-13-9(17)6-8(16)11(14)12(13)15/h6-7,18H,3-5,16-17H2,1-2H3,(H,19,20). The first-order chi connectivity index (χ1) is 9.36. The van der Waals surface area contributed by atoms with Crippen LogP contribution in [0.3, 0.4) is 0 Å². The van der Waals surface area contributed by atoms with Crippen molar-refractivity contribution in [2.45, 2.75) is 32.7 Å². The number of nitrogens with two attached hydrogens (primary N) is 2. The maximum atomic E-state index is 13.9. The first-order valence-electron chi connectivity index (χ1n) is 6.43. The number of benzene rings is 1. The van der Waals surface area contributed by atoms with Crippen molar-refractivity contribution in [1.82, 2.24) is 5.32 Å². The van der Waals surface area contributed by atoms with E-state index in [1.165, 1.54) is 6.07 Å². The van der Waals surface area contributed by atoms with Crippen LogP contribution >= 0.6 is 11.6 Å². The van der Waals surface area contributed by atoms with Gasteiger partial charge in [0.1, 0.15) is 5.02 Å². The van der Waals surface area contributed by atoms with Crippen molar-refractivity contribution >= 4 is 34.6 Å². The summed E-state index contributed by atoms with van der Waals surface area (Å²) in [6.45, 7) is 4.15. The van der Waals surface area contributed by atoms with Crippen LogP contribution in [-0.4, -0.2) is 18.5 Å². The lowest BCUT2D eigenvalue weighted by molar-refractivity contribution is -0.121. The largest absolute Gasteiger partial charge is 0.397 e. The van der Waals surface area contributed by atoms with Crippen LogP contribution in [0.1, 0.15) is 26.7 Å². The molecule has 0 radical (unpaired) electrons. The van der Waals surface area contributed by atoms with Gasteiger partial charge in [0.15, 0.2) is 5.82 Å². The molecule has 0 aliphatic carbocycles. The minimum atomic E-state index is -0.702. The minimum absolute atomic E-state index is 0.0699. The maximum absolute atomic E-state index is 13.9. The van der Waals surface area contributed by atoms with E-state index in [4.69, 9.17) is 23.1 Å².